The van der Waals surface area contributed by atoms with Crippen molar-refractivity contribution in [1.29, 1.82) is 0 Å². The number of ether oxygens (including phenoxy) is 1. The zero-order valence-corrected chi connectivity index (χ0v) is 14.5. The van der Waals surface area contributed by atoms with Crippen molar-refractivity contribution in [3.05, 3.63) is 65.2 Å². The monoisotopic (exact) mass is 323 g/mol. The third kappa shape index (κ3) is 3.09. The van der Waals surface area contributed by atoms with Crippen LogP contribution in [0.1, 0.15) is 36.5 Å². The predicted molar refractivity (Wildman–Crippen MR) is 97.4 cm³/mol. The molecule has 0 aliphatic carbocycles. The molecule has 1 fully saturated rings. The van der Waals surface area contributed by atoms with Crippen molar-refractivity contribution in [3.8, 4) is 0 Å². The summed E-state index contributed by atoms with van der Waals surface area (Å²) in [6, 6.07) is 16.3. The summed E-state index contributed by atoms with van der Waals surface area (Å²) in [5.74, 6) is 0.0843. The van der Waals surface area contributed by atoms with Crippen LogP contribution < -0.4 is 5.32 Å². The molecule has 2 aromatic rings. The summed E-state index contributed by atoms with van der Waals surface area (Å²) in [5.41, 5.74) is 3.83. The highest BCUT2D eigenvalue weighted by Crippen LogP contribution is 2.36. The molecule has 1 aliphatic rings. The quantitative estimate of drug-likeness (QED) is 0.914. The van der Waals surface area contributed by atoms with Crippen LogP contribution in [-0.2, 0) is 21.4 Å². The van der Waals surface area contributed by atoms with E-state index >= 15 is 0 Å². The first-order chi connectivity index (χ1) is 11.7. The highest BCUT2D eigenvalue weighted by molar-refractivity contribution is 6.00. The van der Waals surface area contributed by atoms with Gasteiger partial charge in [0.15, 0.2) is 0 Å². The van der Waals surface area contributed by atoms with Crippen LogP contribution in [0.4, 0.5) is 5.69 Å². The van der Waals surface area contributed by atoms with Gasteiger partial charge in [0.2, 0.25) is 5.91 Å². The van der Waals surface area contributed by atoms with Crippen LogP contribution in [0.25, 0.3) is 0 Å². The standard InChI is InChI=1S/C21H25NO2/c1-3-17-9-7-8-16(2)19(17)22-20(23)21(12-14-24-15-13-21)18-10-5-4-6-11-18/h4-11H,3,12-15H2,1-2H3,(H,22,23). The van der Waals surface area contributed by atoms with Crippen molar-refractivity contribution in [2.75, 3.05) is 18.5 Å². The van der Waals surface area contributed by atoms with Gasteiger partial charge in [0.25, 0.3) is 0 Å². The minimum absolute atomic E-state index is 0.0843. The van der Waals surface area contributed by atoms with Gasteiger partial charge in [-0.15, -0.1) is 0 Å². The van der Waals surface area contributed by atoms with Crippen LogP contribution in [0, 0.1) is 6.92 Å². The smallest absolute Gasteiger partial charge is 0.235 e. The normalized spacial score (nSPS) is 16.6. The largest absolute Gasteiger partial charge is 0.381 e. The van der Waals surface area contributed by atoms with E-state index in [1.54, 1.807) is 0 Å². The molecule has 0 saturated carbocycles. The average Bonchev–Trinajstić information content (AvgIpc) is 2.64. The zero-order chi connectivity index (χ0) is 17.0. The fourth-order valence-corrected chi connectivity index (χ4v) is 3.56. The summed E-state index contributed by atoms with van der Waals surface area (Å²) >= 11 is 0. The molecule has 2 aromatic carbocycles. The number of benzene rings is 2. The summed E-state index contributed by atoms with van der Waals surface area (Å²) in [6.45, 7) is 5.41. The van der Waals surface area contributed by atoms with E-state index in [1.165, 1.54) is 5.56 Å². The molecule has 1 aliphatic heterocycles. The summed E-state index contributed by atoms with van der Waals surface area (Å²) in [7, 11) is 0. The molecular weight excluding hydrogens is 298 g/mol. The SMILES string of the molecule is CCc1cccc(C)c1NC(=O)C1(c2ccccc2)CCOCC1. The minimum atomic E-state index is -0.507. The van der Waals surface area contributed by atoms with Crippen LogP contribution in [0.15, 0.2) is 48.5 Å². The van der Waals surface area contributed by atoms with Crippen molar-refractivity contribution < 1.29 is 9.53 Å². The van der Waals surface area contributed by atoms with Gasteiger partial charge in [-0.05, 0) is 42.9 Å². The number of nitrogens with one attached hydrogen (secondary N) is 1. The van der Waals surface area contributed by atoms with Crippen LogP contribution in [-0.4, -0.2) is 19.1 Å². The maximum atomic E-state index is 13.3. The number of rotatable bonds is 4. The Labute approximate surface area is 144 Å². The molecule has 0 radical (unpaired) electrons. The summed E-state index contributed by atoms with van der Waals surface area (Å²) in [6.07, 6.45) is 2.34. The van der Waals surface area contributed by atoms with Crippen molar-refractivity contribution >= 4 is 11.6 Å². The number of hydrogen-bond acceptors (Lipinski definition) is 2. The predicted octanol–water partition coefficient (Wildman–Crippen LogP) is 4.24. The highest BCUT2D eigenvalue weighted by atomic mass is 16.5. The molecule has 0 bridgehead atoms. The van der Waals surface area contributed by atoms with Gasteiger partial charge < -0.3 is 10.1 Å². The Hall–Kier alpha value is -2.13. The van der Waals surface area contributed by atoms with Crippen molar-refractivity contribution in [2.45, 2.75) is 38.5 Å². The number of carbonyl (C=O) groups excluding carboxylic acids is 1. The zero-order valence-electron chi connectivity index (χ0n) is 14.5. The Bertz CT molecular complexity index is 703. The van der Waals surface area contributed by atoms with E-state index in [0.29, 0.717) is 13.2 Å². The Kier molecular flexibility index (Phi) is 5.00. The van der Waals surface area contributed by atoms with Crippen LogP contribution >= 0.6 is 0 Å². The van der Waals surface area contributed by atoms with Crippen LogP contribution in [0.3, 0.4) is 0 Å². The van der Waals surface area contributed by atoms with Gasteiger partial charge >= 0.3 is 0 Å². The molecule has 24 heavy (non-hydrogen) atoms. The molecule has 0 unspecified atom stereocenters. The first-order valence-electron chi connectivity index (χ1n) is 8.70. The van der Waals surface area contributed by atoms with E-state index < -0.39 is 5.41 Å². The molecule has 1 heterocycles. The second kappa shape index (κ2) is 7.18. The van der Waals surface area contributed by atoms with Gasteiger partial charge in [0.05, 0.1) is 5.41 Å². The lowest BCUT2D eigenvalue weighted by Gasteiger charge is -2.36. The lowest BCUT2D eigenvalue weighted by Crippen LogP contribution is -2.45. The number of aryl methyl sites for hydroxylation is 2. The number of amides is 1. The van der Waals surface area contributed by atoms with Gasteiger partial charge in [-0.3, -0.25) is 4.79 Å². The molecule has 1 N–H and O–H groups in total. The third-order valence-electron chi connectivity index (χ3n) is 5.09. The Balaban J connectivity index is 1.96. The van der Waals surface area contributed by atoms with E-state index in [2.05, 4.69) is 30.4 Å². The molecule has 3 heteroatoms. The Morgan fingerprint density at radius 2 is 1.79 bits per heavy atom. The van der Waals surface area contributed by atoms with E-state index in [4.69, 9.17) is 4.74 Å². The lowest BCUT2D eigenvalue weighted by atomic mass is 9.73. The topological polar surface area (TPSA) is 38.3 Å². The first kappa shape index (κ1) is 16.7. The second-order valence-electron chi connectivity index (χ2n) is 6.48. The summed E-state index contributed by atoms with van der Waals surface area (Å²) in [5, 5.41) is 3.24. The fraction of sp³-hybridized carbons (Fsp3) is 0.381. The minimum Gasteiger partial charge on any atom is -0.381 e. The fourth-order valence-electron chi connectivity index (χ4n) is 3.56. The molecule has 3 rings (SSSR count). The maximum absolute atomic E-state index is 13.3. The molecule has 1 amide bonds. The van der Waals surface area contributed by atoms with Crippen LogP contribution in [0.2, 0.25) is 0 Å². The van der Waals surface area contributed by atoms with Crippen molar-refractivity contribution in [3.63, 3.8) is 0 Å². The molecule has 0 atom stereocenters. The van der Waals surface area contributed by atoms with Gasteiger partial charge in [-0.1, -0.05) is 55.5 Å². The van der Waals surface area contributed by atoms with Gasteiger partial charge in [0, 0.05) is 18.9 Å². The average molecular weight is 323 g/mol. The van der Waals surface area contributed by atoms with E-state index in [1.807, 2.05) is 37.3 Å². The molecule has 3 nitrogen and oxygen atoms in total. The Morgan fingerprint density at radius 1 is 1.08 bits per heavy atom. The van der Waals surface area contributed by atoms with Gasteiger partial charge in [-0.2, -0.15) is 0 Å². The first-order valence-corrected chi connectivity index (χ1v) is 8.70. The van der Waals surface area contributed by atoms with Gasteiger partial charge in [0.1, 0.15) is 0 Å². The number of anilines is 1. The molecular formula is C21H25NO2. The van der Waals surface area contributed by atoms with Crippen molar-refractivity contribution in [1.82, 2.24) is 0 Å². The van der Waals surface area contributed by atoms with E-state index in [0.717, 1.165) is 36.1 Å². The summed E-state index contributed by atoms with van der Waals surface area (Å²) < 4.78 is 5.54. The van der Waals surface area contributed by atoms with E-state index in [9.17, 15) is 4.79 Å². The second-order valence-corrected chi connectivity index (χ2v) is 6.48. The number of hydrogen-bond donors (Lipinski definition) is 1. The molecule has 0 spiro atoms. The number of para-hydroxylation sites is 1. The molecule has 0 aromatic heterocycles. The number of carbonyl (C=O) groups is 1. The van der Waals surface area contributed by atoms with E-state index in [-0.39, 0.29) is 5.91 Å². The summed E-state index contributed by atoms with van der Waals surface area (Å²) in [4.78, 5) is 13.3. The van der Waals surface area contributed by atoms with Gasteiger partial charge in [-0.25, -0.2) is 0 Å². The third-order valence-corrected chi connectivity index (χ3v) is 5.09. The Morgan fingerprint density at radius 3 is 2.46 bits per heavy atom. The molecule has 126 valence electrons. The lowest BCUT2D eigenvalue weighted by molar-refractivity contribution is -0.125. The molecule has 1 saturated heterocycles. The van der Waals surface area contributed by atoms with Crippen molar-refractivity contribution in [2.24, 2.45) is 0 Å². The maximum Gasteiger partial charge on any atom is 0.235 e. The van der Waals surface area contributed by atoms with Crippen LogP contribution in [0.5, 0.6) is 0 Å². The highest BCUT2D eigenvalue weighted by Gasteiger charge is 2.41.